The highest BCUT2D eigenvalue weighted by molar-refractivity contribution is 9.10. The molecule has 1 heterocycles. The Morgan fingerprint density at radius 3 is 2.65 bits per heavy atom. The summed E-state index contributed by atoms with van der Waals surface area (Å²) in [6.45, 7) is -0.996. The number of carboxylic acid groups (broad SMARTS) is 1. The van der Waals surface area contributed by atoms with E-state index in [1.54, 1.807) is 24.3 Å². The molecule has 0 radical (unpaired) electrons. The van der Waals surface area contributed by atoms with Gasteiger partial charge < -0.3 is 15.2 Å². The van der Waals surface area contributed by atoms with Crippen LogP contribution in [0.25, 0.3) is 16.8 Å². The average Bonchev–Trinajstić information content (AvgIpc) is 3.06. The van der Waals surface area contributed by atoms with E-state index in [2.05, 4.69) is 21.2 Å². The van der Waals surface area contributed by atoms with Gasteiger partial charge in [-0.05, 0) is 47.5 Å². The van der Waals surface area contributed by atoms with Crippen LogP contribution in [0.2, 0.25) is 0 Å². The highest BCUT2D eigenvalue weighted by Crippen LogP contribution is 2.35. The summed E-state index contributed by atoms with van der Waals surface area (Å²) in [6.07, 6.45) is 1.44. The first kappa shape index (κ1) is 23.5. The number of hydrogen-bond donors (Lipinski definition) is 2. The van der Waals surface area contributed by atoms with Gasteiger partial charge in [-0.1, -0.05) is 52.3 Å². The quantitative estimate of drug-likeness (QED) is 0.416. The van der Waals surface area contributed by atoms with Crippen LogP contribution < -0.4 is 10.1 Å². The molecule has 8 nitrogen and oxygen atoms in total. The topological polar surface area (TPSA) is 113 Å². The third-order valence-corrected chi connectivity index (χ3v) is 6.25. The third kappa shape index (κ3) is 5.29. The van der Waals surface area contributed by atoms with Gasteiger partial charge in [-0.15, -0.1) is 0 Å². The van der Waals surface area contributed by atoms with Crippen molar-refractivity contribution in [1.29, 1.82) is 0 Å². The molecule has 34 heavy (non-hydrogen) atoms. The Balaban J connectivity index is 1.51. The van der Waals surface area contributed by atoms with Crippen LogP contribution in [0.1, 0.15) is 5.56 Å². The van der Waals surface area contributed by atoms with Crippen molar-refractivity contribution in [3.8, 4) is 5.75 Å². The lowest BCUT2D eigenvalue weighted by Gasteiger charge is -2.13. The first-order chi connectivity index (χ1) is 16.3. The van der Waals surface area contributed by atoms with E-state index in [0.29, 0.717) is 27.5 Å². The van der Waals surface area contributed by atoms with Crippen molar-refractivity contribution >= 4 is 73.3 Å². The normalized spacial score (nSPS) is 14.6. The minimum absolute atomic E-state index is 0.0984. The minimum Gasteiger partial charge on any atom is -0.481 e. The van der Waals surface area contributed by atoms with Gasteiger partial charge in [0.25, 0.3) is 11.1 Å². The first-order valence-electron chi connectivity index (χ1n) is 9.99. The number of halogens is 1. The summed E-state index contributed by atoms with van der Waals surface area (Å²) >= 11 is 4.02. The SMILES string of the molecule is O=C(O)COc1ccc(Br)cc1/C=C1/SC(=O)N(CC(=O)Nc2cccc3ccccc23)C1=O. The molecule has 3 aromatic carbocycles. The number of thioether (sulfide) groups is 1. The fraction of sp³-hybridized carbons (Fsp3) is 0.0833. The largest absolute Gasteiger partial charge is 0.481 e. The number of amides is 3. The summed E-state index contributed by atoms with van der Waals surface area (Å²) in [4.78, 5) is 49.8. The molecule has 0 unspecified atom stereocenters. The third-order valence-electron chi connectivity index (χ3n) is 4.85. The number of carbonyl (C=O) groups is 4. The molecule has 0 atom stereocenters. The molecule has 0 aliphatic carbocycles. The number of ether oxygens (including phenoxy) is 1. The molecule has 0 spiro atoms. The molecule has 172 valence electrons. The predicted octanol–water partition coefficient (Wildman–Crippen LogP) is 4.74. The van der Waals surface area contributed by atoms with E-state index in [1.165, 1.54) is 6.08 Å². The maximum absolute atomic E-state index is 12.9. The summed E-state index contributed by atoms with van der Waals surface area (Å²) < 4.78 is 5.95. The second-order valence-corrected chi connectivity index (χ2v) is 9.12. The van der Waals surface area contributed by atoms with Gasteiger partial charge in [0, 0.05) is 21.1 Å². The maximum Gasteiger partial charge on any atom is 0.341 e. The van der Waals surface area contributed by atoms with E-state index in [4.69, 9.17) is 9.84 Å². The molecular formula is C24H17BrN2O6S. The number of benzene rings is 3. The van der Waals surface area contributed by atoms with Gasteiger partial charge in [-0.3, -0.25) is 19.3 Å². The number of fused-ring (bicyclic) bond motifs is 1. The Kier molecular flexibility index (Phi) is 6.99. The standard InChI is InChI=1S/C24H17BrN2O6S/c25-16-8-9-19(33-13-22(29)30)15(10-16)11-20-23(31)27(24(32)34-20)12-21(28)26-18-7-3-5-14-4-1-2-6-17(14)18/h1-11H,12-13H2,(H,26,28)(H,29,30)/b20-11+. The van der Waals surface area contributed by atoms with E-state index in [9.17, 15) is 19.2 Å². The highest BCUT2D eigenvalue weighted by Gasteiger charge is 2.36. The summed E-state index contributed by atoms with van der Waals surface area (Å²) in [6, 6.07) is 17.9. The minimum atomic E-state index is -1.15. The van der Waals surface area contributed by atoms with E-state index in [0.717, 1.165) is 15.7 Å². The van der Waals surface area contributed by atoms with Crippen molar-refractivity contribution in [2.45, 2.75) is 0 Å². The fourth-order valence-corrected chi connectivity index (χ4v) is 4.56. The molecule has 1 aliphatic heterocycles. The summed E-state index contributed by atoms with van der Waals surface area (Å²) in [5, 5.41) is 12.8. The second kappa shape index (κ2) is 10.1. The lowest BCUT2D eigenvalue weighted by molar-refractivity contribution is -0.139. The highest BCUT2D eigenvalue weighted by atomic mass is 79.9. The molecule has 1 aliphatic rings. The Bertz CT molecular complexity index is 1350. The first-order valence-corrected chi connectivity index (χ1v) is 11.6. The smallest absolute Gasteiger partial charge is 0.341 e. The maximum atomic E-state index is 12.9. The number of rotatable bonds is 7. The average molecular weight is 541 g/mol. The Morgan fingerprint density at radius 2 is 1.85 bits per heavy atom. The number of nitrogens with zero attached hydrogens (tertiary/aromatic N) is 1. The predicted molar refractivity (Wildman–Crippen MR) is 133 cm³/mol. The molecule has 3 amide bonds. The molecule has 4 rings (SSSR count). The van der Waals surface area contributed by atoms with Crippen LogP contribution in [0, 0.1) is 0 Å². The van der Waals surface area contributed by atoms with E-state index >= 15 is 0 Å². The van der Waals surface area contributed by atoms with Crippen LogP contribution in [-0.4, -0.2) is 46.2 Å². The van der Waals surface area contributed by atoms with Crippen LogP contribution in [0.15, 0.2) is 70.0 Å². The van der Waals surface area contributed by atoms with Gasteiger partial charge >= 0.3 is 5.97 Å². The molecule has 3 aromatic rings. The number of anilines is 1. The molecular weight excluding hydrogens is 524 g/mol. The van der Waals surface area contributed by atoms with Crippen molar-refractivity contribution in [3.05, 3.63) is 75.6 Å². The Hall–Kier alpha value is -3.63. The van der Waals surface area contributed by atoms with Crippen molar-refractivity contribution in [2.75, 3.05) is 18.5 Å². The monoisotopic (exact) mass is 540 g/mol. The van der Waals surface area contributed by atoms with Crippen molar-refractivity contribution in [2.24, 2.45) is 0 Å². The zero-order chi connectivity index (χ0) is 24.2. The van der Waals surface area contributed by atoms with Crippen molar-refractivity contribution in [3.63, 3.8) is 0 Å². The van der Waals surface area contributed by atoms with Gasteiger partial charge in [-0.2, -0.15) is 0 Å². The molecule has 0 saturated carbocycles. The molecule has 2 N–H and O–H groups in total. The number of carbonyl (C=O) groups excluding carboxylic acids is 3. The molecule has 1 fully saturated rings. The lowest BCUT2D eigenvalue weighted by atomic mass is 10.1. The van der Waals surface area contributed by atoms with Crippen LogP contribution in [0.5, 0.6) is 5.75 Å². The summed E-state index contributed by atoms with van der Waals surface area (Å²) in [7, 11) is 0. The van der Waals surface area contributed by atoms with Gasteiger partial charge in [0.2, 0.25) is 5.91 Å². The zero-order valence-corrected chi connectivity index (χ0v) is 19.9. The number of aliphatic carboxylic acids is 1. The Labute approximate surface area is 206 Å². The zero-order valence-electron chi connectivity index (χ0n) is 17.5. The van der Waals surface area contributed by atoms with Gasteiger partial charge in [0.1, 0.15) is 12.3 Å². The number of carboxylic acids is 1. The van der Waals surface area contributed by atoms with Gasteiger partial charge in [0.15, 0.2) is 6.61 Å². The summed E-state index contributed by atoms with van der Waals surface area (Å²) in [5.74, 6) is -2.03. The van der Waals surface area contributed by atoms with E-state index in [-0.39, 0.29) is 10.7 Å². The molecule has 10 heteroatoms. The number of hydrogen-bond acceptors (Lipinski definition) is 6. The van der Waals surface area contributed by atoms with Gasteiger partial charge in [-0.25, -0.2) is 4.79 Å². The lowest BCUT2D eigenvalue weighted by Crippen LogP contribution is -2.36. The molecule has 0 bridgehead atoms. The number of imide groups is 1. The second-order valence-electron chi connectivity index (χ2n) is 7.21. The van der Waals surface area contributed by atoms with Crippen LogP contribution >= 0.6 is 27.7 Å². The van der Waals surface area contributed by atoms with Gasteiger partial charge in [0.05, 0.1) is 4.91 Å². The van der Waals surface area contributed by atoms with Crippen molar-refractivity contribution < 1.29 is 29.0 Å². The number of nitrogens with one attached hydrogen (secondary N) is 1. The van der Waals surface area contributed by atoms with E-state index < -0.39 is 36.2 Å². The van der Waals surface area contributed by atoms with Crippen LogP contribution in [0.3, 0.4) is 0 Å². The fourth-order valence-electron chi connectivity index (χ4n) is 3.35. The van der Waals surface area contributed by atoms with Crippen LogP contribution in [-0.2, 0) is 14.4 Å². The van der Waals surface area contributed by atoms with E-state index in [1.807, 2.05) is 36.4 Å². The summed E-state index contributed by atoms with van der Waals surface area (Å²) in [5.41, 5.74) is 1.00. The van der Waals surface area contributed by atoms with Crippen LogP contribution in [0.4, 0.5) is 10.5 Å². The van der Waals surface area contributed by atoms with Crippen molar-refractivity contribution in [1.82, 2.24) is 4.90 Å². The molecule has 1 saturated heterocycles. The molecule has 0 aromatic heterocycles. The Morgan fingerprint density at radius 1 is 1.09 bits per heavy atom.